The Hall–Kier alpha value is -0.0600. The van der Waals surface area contributed by atoms with Gasteiger partial charge in [-0.25, -0.2) is 4.39 Å². The van der Waals surface area contributed by atoms with Gasteiger partial charge in [0.1, 0.15) is 5.82 Å². The van der Waals surface area contributed by atoms with E-state index >= 15 is 0 Å². The van der Waals surface area contributed by atoms with Crippen molar-refractivity contribution in [3.05, 3.63) is 34.1 Å². The van der Waals surface area contributed by atoms with Crippen LogP contribution in [-0.4, -0.2) is 17.5 Å². The van der Waals surface area contributed by atoms with Crippen molar-refractivity contribution in [2.75, 3.05) is 12.8 Å². The molecule has 1 aliphatic rings. The normalized spacial score (nSPS) is 18.5. The molecule has 1 aliphatic carbocycles. The lowest BCUT2D eigenvalue weighted by Gasteiger charge is -2.36. The van der Waals surface area contributed by atoms with Crippen molar-refractivity contribution in [1.29, 1.82) is 0 Å². The van der Waals surface area contributed by atoms with Crippen molar-refractivity contribution in [2.24, 2.45) is 0 Å². The van der Waals surface area contributed by atoms with Gasteiger partial charge in [0.05, 0.1) is 4.47 Å². The Kier molecular flexibility index (Phi) is 5.72. The molecule has 0 spiro atoms. The summed E-state index contributed by atoms with van der Waals surface area (Å²) in [6, 6.07) is 5.22. The maximum absolute atomic E-state index is 13.4. The van der Waals surface area contributed by atoms with Crippen LogP contribution < -0.4 is 5.32 Å². The third kappa shape index (κ3) is 3.96. The second kappa shape index (κ2) is 7.09. The van der Waals surface area contributed by atoms with Gasteiger partial charge in [-0.15, -0.1) is 0 Å². The molecule has 1 aromatic carbocycles. The molecule has 1 saturated carbocycles. The van der Waals surface area contributed by atoms with Gasteiger partial charge in [-0.05, 0) is 46.7 Å². The fourth-order valence-corrected chi connectivity index (χ4v) is 4.11. The average Bonchev–Trinajstić information content (AvgIpc) is 2.44. The quantitative estimate of drug-likeness (QED) is 0.826. The molecule has 2 rings (SSSR count). The molecule has 0 aliphatic heterocycles. The largest absolute Gasteiger partial charge is 0.311 e. The number of halogens is 2. The molecule has 0 aromatic heterocycles. The van der Waals surface area contributed by atoms with Crippen LogP contribution in [0.5, 0.6) is 0 Å². The zero-order valence-corrected chi connectivity index (χ0v) is 13.7. The minimum atomic E-state index is -0.184. The van der Waals surface area contributed by atoms with Gasteiger partial charge in [0, 0.05) is 17.8 Å². The van der Waals surface area contributed by atoms with E-state index in [0.717, 1.165) is 18.7 Å². The highest BCUT2D eigenvalue weighted by Gasteiger charge is 2.30. The van der Waals surface area contributed by atoms with Crippen molar-refractivity contribution < 1.29 is 4.39 Å². The summed E-state index contributed by atoms with van der Waals surface area (Å²) < 4.78 is 14.4. The summed E-state index contributed by atoms with van der Waals surface area (Å²) in [6.45, 7) is 1.73. The SMILES string of the molecule is CSC1(CNCc2cccc(F)c2Br)CCCCC1. The highest BCUT2D eigenvalue weighted by molar-refractivity contribution is 9.10. The van der Waals surface area contributed by atoms with E-state index < -0.39 is 0 Å². The molecule has 1 fully saturated rings. The summed E-state index contributed by atoms with van der Waals surface area (Å²) in [6.07, 6.45) is 8.86. The molecule has 0 unspecified atom stereocenters. The summed E-state index contributed by atoms with van der Waals surface area (Å²) in [4.78, 5) is 0. The Bertz CT molecular complexity index is 419. The highest BCUT2D eigenvalue weighted by Crippen LogP contribution is 2.38. The molecule has 1 nitrogen and oxygen atoms in total. The Morgan fingerprint density at radius 2 is 2.05 bits per heavy atom. The van der Waals surface area contributed by atoms with Crippen LogP contribution in [-0.2, 0) is 6.54 Å². The molecule has 19 heavy (non-hydrogen) atoms. The number of hydrogen-bond donors (Lipinski definition) is 1. The summed E-state index contributed by atoms with van der Waals surface area (Å²) in [7, 11) is 0. The monoisotopic (exact) mass is 345 g/mol. The predicted molar refractivity (Wildman–Crippen MR) is 85.1 cm³/mol. The topological polar surface area (TPSA) is 12.0 Å². The van der Waals surface area contributed by atoms with Crippen LogP contribution in [0, 0.1) is 5.82 Å². The van der Waals surface area contributed by atoms with E-state index in [-0.39, 0.29) is 5.82 Å². The Balaban J connectivity index is 1.90. The summed E-state index contributed by atoms with van der Waals surface area (Å²) >= 11 is 5.30. The summed E-state index contributed by atoms with van der Waals surface area (Å²) in [5.74, 6) is -0.184. The first-order valence-electron chi connectivity index (χ1n) is 6.86. The zero-order chi connectivity index (χ0) is 13.7. The number of benzene rings is 1. The fraction of sp³-hybridized carbons (Fsp3) is 0.600. The molecule has 0 atom stereocenters. The molecular formula is C15H21BrFNS. The van der Waals surface area contributed by atoms with E-state index in [1.807, 2.05) is 17.8 Å². The lowest BCUT2D eigenvalue weighted by atomic mass is 9.88. The Morgan fingerprint density at radius 3 is 2.74 bits per heavy atom. The fourth-order valence-electron chi connectivity index (χ4n) is 2.76. The molecule has 0 heterocycles. The lowest BCUT2D eigenvalue weighted by Crippen LogP contribution is -2.39. The van der Waals surface area contributed by atoms with E-state index in [2.05, 4.69) is 27.5 Å². The van der Waals surface area contributed by atoms with Crippen LogP contribution >= 0.6 is 27.7 Å². The standard InChI is InChI=1S/C15H21BrFNS/c1-19-15(8-3-2-4-9-15)11-18-10-12-6-5-7-13(17)14(12)16/h5-7,18H,2-4,8-11H2,1H3. The Labute approximate surface area is 127 Å². The van der Waals surface area contributed by atoms with E-state index in [1.54, 1.807) is 6.07 Å². The van der Waals surface area contributed by atoms with E-state index in [4.69, 9.17) is 0 Å². The van der Waals surface area contributed by atoms with Crippen LogP contribution in [0.3, 0.4) is 0 Å². The third-order valence-electron chi connectivity index (χ3n) is 3.99. The second-order valence-corrected chi connectivity index (χ2v) is 7.33. The molecule has 0 radical (unpaired) electrons. The second-order valence-electron chi connectivity index (χ2n) is 5.26. The van der Waals surface area contributed by atoms with Gasteiger partial charge in [0.25, 0.3) is 0 Å². The van der Waals surface area contributed by atoms with Gasteiger partial charge in [-0.2, -0.15) is 11.8 Å². The minimum Gasteiger partial charge on any atom is -0.311 e. The van der Waals surface area contributed by atoms with Crippen molar-refractivity contribution in [3.8, 4) is 0 Å². The third-order valence-corrected chi connectivity index (χ3v) is 6.30. The maximum atomic E-state index is 13.4. The lowest BCUT2D eigenvalue weighted by molar-refractivity contribution is 0.379. The summed E-state index contributed by atoms with van der Waals surface area (Å²) in [5.41, 5.74) is 0.993. The molecule has 0 bridgehead atoms. The van der Waals surface area contributed by atoms with E-state index in [9.17, 15) is 4.39 Å². The molecular weight excluding hydrogens is 325 g/mol. The first kappa shape index (κ1) is 15.3. The van der Waals surface area contributed by atoms with Crippen LogP contribution in [0.2, 0.25) is 0 Å². The highest BCUT2D eigenvalue weighted by atomic mass is 79.9. The van der Waals surface area contributed by atoms with Crippen LogP contribution in [0.1, 0.15) is 37.7 Å². The molecule has 1 N–H and O–H groups in total. The van der Waals surface area contributed by atoms with Crippen molar-refractivity contribution in [2.45, 2.75) is 43.4 Å². The summed E-state index contributed by atoms with van der Waals surface area (Å²) in [5, 5.41) is 3.51. The van der Waals surface area contributed by atoms with Crippen molar-refractivity contribution in [3.63, 3.8) is 0 Å². The van der Waals surface area contributed by atoms with Gasteiger partial charge >= 0.3 is 0 Å². The molecule has 0 amide bonds. The number of nitrogens with one attached hydrogen (secondary N) is 1. The number of rotatable bonds is 5. The molecule has 4 heteroatoms. The first-order valence-corrected chi connectivity index (χ1v) is 8.87. The van der Waals surface area contributed by atoms with Gasteiger partial charge in [-0.3, -0.25) is 0 Å². The van der Waals surface area contributed by atoms with Crippen molar-refractivity contribution >= 4 is 27.7 Å². The van der Waals surface area contributed by atoms with Gasteiger partial charge in [0.2, 0.25) is 0 Å². The predicted octanol–water partition coefficient (Wildman–Crippen LogP) is 4.74. The van der Waals surface area contributed by atoms with Crippen molar-refractivity contribution in [1.82, 2.24) is 5.32 Å². The maximum Gasteiger partial charge on any atom is 0.137 e. The van der Waals surface area contributed by atoms with Gasteiger partial charge in [0.15, 0.2) is 0 Å². The van der Waals surface area contributed by atoms with Crippen LogP contribution in [0.25, 0.3) is 0 Å². The van der Waals surface area contributed by atoms with Crippen LogP contribution in [0.4, 0.5) is 4.39 Å². The smallest absolute Gasteiger partial charge is 0.137 e. The zero-order valence-electron chi connectivity index (χ0n) is 11.3. The molecule has 1 aromatic rings. The van der Waals surface area contributed by atoms with Crippen LogP contribution in [0.15, 0.2) is 22.7 Å². The average molecular weight is 346 g/mol. The number of hydrogen-bond acceptors (Lipinski definition) is 2. The Morgan fingerprint density at radius 1 is 1.32 bits per heavy atom. The van der Waals surface area contributed by atoms with E-state index in [1.165, 1.54) is 38.2 Å². The number of thioether (sulfide) groups is 1. The first-order chi connectivity index (χ1) is 9.17. The minimum absolute atomic E-state index is 0.184. The van der Waals surface area contributed by atoms with Gasteiger partial charge in [-0.1, -0.05) is 31.4 Å². The van der Waals surface area contributed by atoms with Gasteiger partial charge < -0.3 is 5.32 Å². The molecule has 0 saturated heterocycles. The molecule has 106 valence electrons. The van der Waals surface area contributed by atoms with E-state index in [0.29, 0.717) is 9.22 Å².